The second kappa shape index (κ2) is 5.64. The molecule has 2 heteroatoms. The SMILES string of the molecule is CC(C)(C)C(=O)COC1CCCCCC1. The van der Waals surface area contributed by atoms with Crippen LogP contribution in [0.4, 0.5) is 0 Å². The van der Waals surface area contributed by atoms with Crippen LogP contribution in [0.1, 0.15) is 59.3 Å². The molecule has 0 aromatic rings. The van der Waals surface area contributed by atoms with Crippen LogP contribution in [-0.2, 0) is 9.53 Å². The zero-order valence-corrected chi connectivity index (χ0v) is 10.3. The second-order valence-electron chi connectivity index (χ2n) is 5.60. The van der Waals surface area contributed by atoms with Crippen molar-refractivity contribution in [2.24, 2.45) is 5.41 Å². The first-order valence-electron chi connectivity index (χ1n) is 6.15. The average molecular weight is 212 g/mol. The number of carbonyl (C=O) groups is 1. The third kappa shape index (κ3) is 4.78. The monoisotopic (exact) mass is 212 g/mol. The van der Waals surface area contributed by atoms with Crippen molar-refractivity contribution in [3.05, 3.63) is 0 Å². The fourth-order valence-electron chi connectivity index (χ4n) is 1.82. The number of hydrogen-bond acceptors (Lipinski definition) is 2. The van der Waals surface area contributed by atoms with Crippen molar-refractivity contribution >= 4 is 5.78 Å². The molecule has 0 heterocycles. The normalized spacial score (nSPS) is 19.9. The zero-order valence-electron chi connectivity index (χ0n) is 10.3. The van der Waals surface area contributed by atoms with Gasteiger partial charge in [0.25, 0.3) is 0 Å². The fraction of sp³-hybridized carbons (Fsp3) is 0.923. The van der Waals surface area contributed by atoms with Gasteiger partial charge in [0, 0.05) is 5.41 Å². The summed E-state index contributed by atoms with van der Waals surface area (Å²) in [5.74, 6) is 0.215. The molecule has 1 rings (SSSR count). The molecule has 0 aliphatic heterocycles. The maximum Gasteiger partial charge on any atom is 0.163 e. The molecule has 0 aromatic carbocycles. The van der Waals surface area contributed by atoms with Gasteiger partial charge < -0.3 is 4.74 Å². The van der Waals surface area contributed by atoms with Crippen LogP contribution in [0, 0.1) is 5.41 Å². The molecule has 15 heavy (non-hydrogen) atoms. The van der Waals surface area contributed by atoms with Gasteiger partial charge >= 0.3 is 0 Å². The number of carbonyl (C=O) groups excluding carboxylic acids is 1. The van der Waals surface area contributed by atoms with Crippen molar-refractivity contribution in [3.8, 4) is 0 Å². The Kier molecular flexibility index (Phi) is 4.78. The van der Waals surface area contributed by atoms with Gasteiger partial charge in [0.15, 0.2) is 5.78 Å². The minimum atomic E-state index is -0.259. The molecule has 0 unspecified atom stereocenters. The summed E-state index contributed by atoms with van der Waals surface area (Å²) in [5.41, 5.74) is -0.259. The van der Waals surface area contributed by atoms with Crippen molar-refractivity contribution < 1.29 is 9.53 Å². The van der Waals surface area contributed by atoms with E-state index in [0.717, 1.165) is 12.8 Å². The van der Waals surface area contributed by atoms with E-state index in [-0.39, 0.29) is 11.2 Å². The van der Waals surface area contributed by atoms with Crippen LogP contribution in [0.2, 0.25) is 0 Å². The van der Waals surface area contributed by atoms with Gasteiger partial charge in [0.05, 0.1) is 6.10 Å². The van der Waals surface area contributed by atoms with Gasteiger partial charge in [-0.25, -0.2) is 0 Å². The molecule has 1 saturated carbocycles. The molecule has 0 atom stereocenters. The predicted octanol–water partition coefficient (Wildman–Crippen LogP) is 3.34. The van der Waals surface area contributed by atoms with E-state index in [1.54, 1.807) is 0 Å². The maximum atomic E-state index is 11.7. The van der Waals surface area contributed by atoms with Crippen LogP contribution in [0.5, 0.6) is 0 Å². The highest BCUT2D eigenvalue weighted by Crippen LogP contribution is 2.21. The summed E-state index contributed by atoms with van der Waals surface area (Å²) in [7, 11) is 0. The van der Waals surface area contributed by atoms with Crippen LogP contribution in [0.25, 0.3) is 0 Å². The predicted molar refractivity (Wildman–Crippen MR) is 61.9 cm³/mol. The lowest BCUT2D eigenvalue weighted by atomic mass is 9.91. The molecule has 1 fully saturated rings. The first-order chi connectivity index (χ1) is 7.00. The molecule has 0 spiro atoms. The Morgan fingerprint density at radius 2 is 1.67 bits per heavy atom. The van der Waals surface area contributed by atoms with E-state index >= 15 is 0 Å². The van der Waals surface area contributed by atoms with Gasteiger partial charge in [0.2, 0.25) is 0 Å². The highest BCUT2D eigenvalue weighted by molar-refractivity contribution is 5.84. The summed E-state index contributed by atoms with van der Waals surface area (Å²) >= 11 is 0. The number of Topliss-reactive ketones (excluding diaryl/α,β-unsaturated/α-hetero) is 1. The highest BCUT2D eigenvalue weighted by atomic mass is 16.5. The fourth-order valence-corrected chi connectivity index (χ4v) is 1.82. The van der Waals surface area contributed by atoms with Crippen LogP contribution in [-0.4, -0.2) is 18.5 Å². The van der Waals surface area contributed by atoms with Crippen molar-refractivity contribution in [3.63, 3.8) is 0 Å². The Labute approximate surface area is 93.4 Å². The summed E-state index contributed by atoms with van der Waals surface area (Å²) in [6, 6.07) is 0. The van der Waals surface area contributed by atoms with Crippen LogP contribution in [0.3, 0.4) is 0 Å². The number of ether oxygens (including phenoxy) is 1. The molecular formula is C13H24O2. The topological polar surface area (TPSA) is 26.3 Å². The van der Waals surface area contributed by atoms with E-state index in [1.807, 2.05) is 20.8 Å². The number of rotatable bonds is 3. The van der Waals surface area contributed by atoms with Gasteiger partial charge in [-0.05, 0) is 12.8 Å². The number of ketones is 1. The molecular weight excluding hydrogens is 188 g/mol. The van der Waals surface area contributed by atoms with E-state index in [4.69, 9.17) is 4.74 Å². The van der Waals surface area contributed by atoms with E-state index in [0.29, 0.717) is 12.7 Å². The Morgan fingerprint density at radius 3 is 2.13 bits per heavy atom. The Morgan fingerprint density at radius 1 is 1.13 bits per heavy atom. The third-order valence-electron chi connectivity index (χ3n) is 3.09. The van der Waals surface area contributed by atoms with Gasteiger partial charge in [-0.15, -0.1) is 0 Å². The molecule has 0 N–H and O–H groups in total. The first kappa shape index (κ1) is 12.7. The van der Waals surface area contributed by atoms with Crippen molar-refractivity contribution in [1.29, 1.82) is 0 Å². The van der Waals surface area contributed by atoms with Crippen molar-refractivity contribution in [2.75, 3.05) is 6.61 Å². The average Bonchev–Trinajstić information content (AvgIpc) is 2.40. The lowest BCUT2D eigenvalue weighted by Gasteiger charge is -2.20. The molecule has 0 bridgehead atoms. The summed E-state index contributed by atoms with van der Waals surface area (Å²) in [6.07, 6.45) is 7.77. The van der Waals surface area contributed by atoms with Crippen LogP contribution >= 0.6 is 0 Å². The van der Waals surface area contributed by atoms with E-state index in [2.05, 4.69) is 0 Å². The number of hydrogen-bond donors (Lipinski definition) is 0. The second-order valence-corrected chi connectivity index (χ2v) is 5.60. The lowest BCUT2D eigenvalue weighted by molar-refractivity contribution is -0.133. The lowest BCUT2D eigenvalue weighted by Crippen LogP contribution is -2.27. The van der Waals surface area contributed by atoms with Crippen molar-refractivity contribution in [1.82, 2.24) is 0 Å². The van der Waals surface area contributed by atoms with Crippen LogP contribution < -0.4 is 0 Å². The molecule has 0 saturated heterocycles. The Hall–Kier alpha value is -0.370. The molecule has 0 radical (unpaired) electrons. The minimum absolute atomic E-state index is 0.215. The Balaban J connectivity index is 2.26. The summed E-state index contributed by atoms with van der Waals surface area (Å²) in [5, 5.41) is 0. The third-order valence-corrected chi connectivity index (χ3v) is 3.09. The molecule has 2 nitrogen and oxygen atoms in total. The highest BCUT2D eigenvalue weighted by Gasteiger charge is 2.22. The van der Waals surface area contributed by atoms with E-state index in [1.165, 1.54) is 25.7 Å². The Bertz CT molecular complexity index is 195. The standard InChI is InChI=1S/C13H24O2/c1-13(2,3)12(14)10-15-11-8-6-4-5-7-9-11/h11H,4-10H2,1-3H3. The van der Waals surface area contributed by atoms with Crippen LogP contribution in [0.15, 0.2) is 0 Å². The maximum absolute atomic E-state index is 11.7. The smallest absolute Gasteiger partial charge is 0.163 e. The molecule has 0 amide bonds. The zero-order chi connectivity index (χ0) is 11.3. The summed E-state index contributed by atoms with van der Waals surface area (Å²) in [4.78, 5) is 11.7. The summed E-state index contributed by atoms with van der Waals surface area (Å²) < 4.78 is 5.70. The van der Waals surface area contributed by atoms with Gasteiger partial charge in [-0.2, -0.15) is 0 Å². The van der Waals surface area contributed by atoms with E-state index < -0.39 is 0 Å². The van der Waals surface area contributed by atoms with Gasteiger partial charge in [-0.3, -0.25) is 4.79 Å². The molecule has 1 aliphatic carbocycles. The summed E-state index contributed by atoms with van der Waals surface area (Å²) in [6.45, 7) is 6.15. The minimum Gasteiger partial charge on any atom is -0.370 e. The molecule has 1 aliphatic rings. The largest absolute Gasteiger partial charge is 0.370 e. The van der Waals surface area contributed by atoms with E-state index in [9.17, 15) is 4.79 Å². The quantitative estimate of drug-likeness (QED) is 0.671. The molecule has 88 valence electrons. The van der Waals surface area contributed by atoms with Crippen molar-refractivity contribution in [2.45, 2.75) is 65.4 Å². The van der Waals surface area contributed by atoms with Gasteiger partial charge in [-0.1, -0.05) is 46.5 Å². The first-order valence-corrected chi connectivity index (χ1v) is 6.15. The molecule has 0 aromatic heterocycles. The van der Waals surface area contributed by atoms with Gasteiger partial charge in [0.1, 0.15) is 6.61 Å².